The summed E-state index contributed by atoms with van der Waals surface area (Å²) in [5, 5.41) is 13.4. The van der Waals surface area contributed by atoms with E-state index in [1.54, 1.807) is 13.4 Å². The predicted octanol–water partition coefficient (Wildman–Crippen LogP) is -0.478. The molecule has 1 atom stereocenters. The van der Waals surface area contributed by atoms with Crippen LogP contribution >= 0.6 is 0 Å². The van der Waals surface area contributed by atoms with Gasteiger partial charge >= 0.3 is 0 Å². The van der Waals surface area contributed by atoms with E-state index in [1.165, 1.54) is 0 Å². The van der Waals surface area contributed by atoms with Gasteiger partial charge in [0.2, 0.25) is 5.91 Å². The Bertz CT molecular complexity index is 322. The van der Waals surface area contributed by atoms with Crippen LogP contribution in [0.15, 0.2) is 6.33 Å². The molecule has 0 aliphatic rings. The smallest absolute Gasteiger partial charge is 0.236 e. The van der Waals surface area contributed by atoms with Crippen LogP contribution < -0.4 is 10.6 Å². The van der Waals surface area contributed by atoms with Crippen molar-refractivity contribution in [3.63, 3.8) is 0 Å². The van der Waals surface area contributed by atoms with E-state index in [0.717, 1.165) is 12.4 Å². The standard InChI is InChI=1S/C9H17N5O/c1-4-14-6-12-13-8(14)5-11-7(2)9(15)10-3/h6-7,11H,4-5H2,1-3H3,(H,10,15). The molecule has 1 aromatic heterocycles. The molecular formula is C9H17N5O. The van der Waals surface area contributed by atoms with Gasteiger partial charge in [-0.25, -0.2) is 0 Å². The molecule has 0 aliphatic heterocycles. The molecule has 1 rings (SSSR count). The lowest BCUT2D eigenvalue weighted by atomic mass is 10.3. The minimum absolute atomic E-state index is 0.0300. The lowest BCUT2D eigenvalue weighted by molar-refractivity contribution is -0.122. The second-order valence-electron chi connectivity index (χ2n) is 3.25. The van der Waals surface area contributed by atoms with Crippen LogP contribution in [0.5, 0.6) is 0 Å². The van der Waals surface area contributed by atoms with Crippen molar-refractivity contribution in [3.8, 4) is 0 Å². The van der Waals surface area contributed by atoms with E-state index in [4.69, 9.17) is 0 Å². The van der Waals surface area contributed by atoms with E-state index < -0.39 is 0 Å². The van der Waals surface area contributed by atoms with Crippen LogP contribution in [0.4, 0.5) is 0 Å². The van der Waals surface area contributed by atoms with Crippen LogP contribution in [0.3, 0.4) is 0 Å². The fourth-order valence-corrected chi connectivity index (χ4v) is 1.23. The minimum Gasteiger partial charge on any atom is -0.358 e. The number of nitrogens with zero attached hydrogens (tertiary/aromatic N) is 3. The van der Waals surface area contributed by atoms with E-state index in [2.05, 4.69) is 20.8 Å². The second kappa shape index (κ2) is 5.45. The molecule has 2 N–H and O–H groups in total. The number of nitrogens with one attached hydrogen (secondary N) is 2. The molecule has 0 spiro atoms. The van der Waals surface area contributed by atoms with Gasteiger partial charge in [0.05, 0.1) is 12.6 Å². The fourth-order valence-electron chi connectivity index (χ4n) is 1.23. The van der Waals surface area contributed by atoms with Gasteiger partial charge in [-0.05, 0) is 13.8 Å². The monoisotopic (exact) mass is 211 g/mol. The van der Waals surface area contributed by atoms with Crippen molar-refractivity contribution in [1.82, 2.24) is 25.4 Å². The lowest BCUT2D eigenvalue weighted by Crippen LogP contribution is -2.40. The molecule has 0 bridgehead atoms. The van der Waals surface area contributed by atoms with Crippen LogP contribution in [0.2, 0.25) is 0 Å². The maximum Gasteiger partial charge on any atom is 0.236 e. The maximum absolute atomic E-state index is 11.2. The summed E-state index contributed by atoms with van der Waals surface area (Å²) in [5.74, 6) is 0.811. The minimum atomic E-state index is -0.225. The number of hydrogen-bond acceptors (Lipinski definition) is 4. The predicted molar refractivity (Wildman–Crippen MR) is 56.1 cm³/mol. The van der Waals surface area contributed by atoms with Gasteiger partial charge in [-0.1, -0.05) is 0 Å². The average molecular weight is 211 g/mol. The first-order chi connectivity index (χ1) is 7.19. The Morgan fingerprint density at radius 1 is 1.67 bits per heavy atom. The molecular weight excluding hydrogens is 194 g/mol. The fraction of sp³-hybridized carbons (Fsp3) is 0.667. The third-order valence-corrected chi connectivity index (χ3v) is 2.24. The van der Waals surface area contributed by atoms with Crippen LogP contribution in [-0.4, -0.2) is 33.8 Å². The summed E-state index contributed by atoms with van der Waals surface area (Å²) in [6.07, 6.45) is 1.68. The Labute approximate surface area is 89.1 Å². The molecule has 1 amide bonds. The molecule has 1 heterocycles. The highest BCUT2D eigenvalue weighted by Gasteiger charge is 2.11. The molecule has 0 saturated carbocycles. The summed E-state index contributed by atoms with van der Waals surface area (Å²) < 4.78 is 1.93. The first-order valence-electron chi connectivity index (χ1n) is 5.00. The summed E-state index contributed by atoms with van der Waals surface area (Å²) in [6.45, 7) is 5.21. The van der Waals surface area contributed by atoms with Gasteiger partial charge < -0.3 is 9.88 Å². The topological polar surface area (TPSA) is 71.8 Å². The van der Waals surface area contributed by atoms with Crippen molar-refractivity contribution < 1.29 is 4.79 Å². The summed E-state index contributed by atoms with van der Waals surface area (Å²) in [7, 11) is 1.62. The average Bonchev–Trinajstić information content (AvgIpc) is 2.71. The summed E-state index contributed by atoms with van der Waals surface area (Å²) in [4.78, 5) is 11.2. The molecule has 15 heavy (non-hydrogen) atoms. The Hall–Kier alpha value is -1.43. The molecule has 0 saturated heterocycles. The van der Waals surface area contributed by atoms with Crippen molar-refractivity contribution in [2.75, 3.05) is 7.05 Å². The highest BCUT2D eigenvalue weighted by molar-refractivity contribution is 5.80. The number of rotatable bonds is 5. The van der Waals surface area contributed by atoms with Gasteiger partial charge in [0.1, 0.15) is 12.2 Å². The Kier molecular flexibility index (Phi) is 4.23. The second-order valence-corrected chi connectivity index (χ2v) is 3.25. The van der Waals surface area contributed by atoms with Gasteiger partial charge in [0.25, 0.3) is 0 Å². The molecule has 1 aromatic rings. The van der Waals surface area contributed by atoms with E-state index in [9.17, 15) is 4.79 Å². The van der Waals surface area contributed by atoms with Gasteiger partial charge in [0, 0.05) is 13.6 Å². The number of carbonyl (C=O) groups excluding carboxylic acids is 1. The Morgan fingerprint density at radius 3 is 3.00 bits per heavy atom. The molecule has 84 valence electrons. The van der Waals surface area contributed by atoms with E-state index in [-0.39, 0.29) is 11.9 Å². The molecule has 0 aliphatic carbocycles. The molecule has 6 heteroatoms. The third kappa shape index (κ3) is 3.02. The summed E-state index contributed by atoms with van der Waals surface area (Å²) >= 11 is 0. The molecule has 0 aromatic carbocycles. The van der Waals surface area contributed by atoms with Crippen LogP contribution in [0, 0.1) is 0 Å². The largest absolute Gasteiger partial charge is 0.358 e. The first kappa shape index (κ1) is 11.6. The number of aryl methyl sites for hydroxylation is 1. The zero-order valence-electron chi connectivity index (χ0n) is 9.32. The highest BCUT2D eigenvalue weighted by Crippen LogP contribution is 1.95. The lowest BCUT2D eigenvalue weighted by Gasteiger charge is -2.11. The van der Waals surface area contributed by atoms with Crippen molar-refractivity contribution in [1.29, 1.82) is 0 Å². The quantitative estimate of drug-likeness (QED) is 0.690. The van der Waals surface area contributed by atoms with E-state index in [0.29, 0.717) is 6.54 Å². The normalized spacial score (nSPS) is 12.5. The SMILES string of the molecule is CCn1cnnc1CNC(C)C(=O)NC. The van der Waals surface area contributed by atoms with Gasteiger partial charge in [0.15, 0.2) is 0 Å². The van der Waals surface area contributed by atoms with Gasteiger partial charge in [-0.15, -0.1) is 10.2 Å². The van der Waals surface area contributed by atoms with E-state index >= 15 is 0 Å². The zero-order chi connectivity index (χ0) is 11.3. The number of likely N-dealkylation sites (N-methyl/N-ethyl adjacent to an activating group) is 1. The van der Waals surface area contributed by atoms with Crippen molar-refractivity contribution in [2.45, 2.75) is 33.0 Å². The van der Waals surface area contributed by atoms with Crippen LogP contribution in [-0.2, 0) is 17.9 Å². The van der Waals surface area contributed by atoms with Crippen LogP contribution in [0.1, 0.15) is 19.7 Å². The summed E-state index contributed by atoms with van der Waals surface area (Å²) in [5.41, 5.74) is 0. The highest BCUT2D eigenvalue weighted by atomic mass is 16.2. The molecule has 6 nitrogen and oxygen atoms in total. The van der Waals surface area contributed by atoms with Gasteiger partial charge in [-0.2, -0.15) is 0 Å². The Balaban J connectivity index is 2.46. The van der Waals surface area contributed by atoms with Crippen molar-refractivity contribution >= 4 is 5.91 Å². The van der Waals surface area contributed by atoms with Crippen molar-refractivity contribution in [3.05, 3.63) is 12.2 Å². The number of hydrogen-bond donors (Lipinski definition) is 2. The number of amides is 1. The van der Waals surface area contributed by atoms with Crippen LogP contribution in [0.25, 0.3) is 0 Å². The van der Waals surface area contributed by atoms with E-state index in [1.807, 2.05) is 18.4 Å². The molecule has 0 radical (unpaired) electrons. The number of carbonyl (C=O) groups is 1. The molecule has 0 fully saturated rings. The van der Waals surface area contributed by atoms with Gasteiger partial charge in [-0.3, -0.25) is 10.1 Å². The first-order valence-corrected chi connectivity index (χ1v) is 5.00. The maximum atomic E-state index is 11.2. The molecule has 1 unspecified atom stereocenters. The zero-order valence-corrected chi connectivity index (χ0v) is 9.32. The Morgan fingerprint density at radius 2 is 2.40 bits per heavy atom. The summed E-state index contributed by atoms with van der Waals surface area (Å²) in [6, 6.07) is -0.225. The third-order valence-electron chi connectivity index (χ3n) is 2.24. The number of aromatic nitrogens is 3. The van der Waals surface area contributed by atoms with Crippen molar-refractivity contribution in [2.24, 2.45) is 0 Å².